The first-order chi connectivity index (χ1) is 39.5. The molecular formula is C74H130O6. The third-order valence-corrected chi connectivity index (χ3v) is 15.1. The third-order valence-electron chi connectivity index (χ3n) is 15.1. The molecule has 0 saturated heterocycles. The average Bonchev–Trinajstić information content (AvgIpc) is 3.46. The molecule has 0 spiro atoms. The monoisotopic (exact) mass is 1110 g/mol. The Morgan fingerprint density at radius 2 is 0.487 bits per heavy atom. The van der Waals surface area contributed by atoms with E-state index < -0.39 is 6.10 Å². The van der Waals surface area contributed by atoms with E-state index in [4.69, 9.17) is 14.2 Å². The van der Waals surface area contributed by atoms with Gasteiger partial charge in [-0.2, -0.15) is 0 Å². The summed E-state index contributed by atoms with van der Waals surface area (Å²) < 4.78 is 16.8. The summed E-state index contributed by atoms with van der Waals surface area (Å²) >= 11 is 0. The van der Waals surface area contributed by atoms with Crippen LogP contribution in [0.4, 0.5) is 0 Å². The summed E-state index contributed by atoms with van der Waals surface area (Å²) in [5.74, 6) is -0.897. The van der Waals surface area contributed by atoms with Crippen LogP contribution in [0.25, 0.3) is 0 Å². The van der Waals surface area contributed by atoms with E-state index in [2.05, 4.69) is 106 Å². The smallest absolute Gasteiger partial charge is 0.306 e. The maximum Gasteiger partial charge on any atom is 0.306 e. The van der Waals surface area contributed by atoms with E-state index in [1.807, 2.05) is 0 Å². The topological polar surface area (TPSA) is 78.9 Å². The van der Waals surface area contributed by atoms with E-state index in [9.17, 15) is 14.4 Å². The average molecular weight is 1120 g/mol. The minimum Gasteiger partial charge on any atom is -0.462 e. The van der Waals surface area contributed by atoms with Crippen molar-refractivity contribution < 1.29 is 28.6 Å². The molecule has 0 fully saturated rings. The van der Waals surface area contributed by atoms with E-state index in [0.29, 0.717) is 19.3 Å². The number of allylic oxidation sites excluding steroid dienone is 14. The fourth-order valence-electron chi connectivity index (χ4n) is 9.97. The molecule has 0 radical (unpaired) electrons. The summed E-state index contributed by atoms with van der Waals surface area (Å²) in [5, 5.41) is 0. The van der Waals surface area contributed by atoms with Crippen molar-refractivity contribution >= 4 is 17.9 Å². The van der Waals surface area contributed by atoms with Crippen LogP contribution in [-0.4, -0.2) is 37.2 Å². The van der Waals surface area contributed by atoms with Gasteiger partial charge in [0.05, 0.1) is 0 Å². The second-order valence-corrected chi connectivity index (χ2v) is 23.1. The summed E-state index contributed by atoms with van der Waals surface area (Å²) in [7, 11) is 0. The Hall–Kier alpha value is -3.41. The van der Waals surface area contributed by atoms with Crippen LogP contribution >= 0.6 is 0 Å². The lowest BCUT2D eigenvalue weighted by Gasteiger charge is -2.18. The van der Waals surface area contributed by atoms with Gasteiger partial charge in [0.2, 0.25) is 0 Å². The van der Waals surface area contributed by atoms with Crippen molar-refractivity contribution in [3.63, 3.8) is 0 Å². The maximum absolute atomic E-state index is 12.8. The van der Waals surface area contributed by atoms with Gasteiger partial charge in [-0.05, 0) is 96.3 Å². The fraction of sp³-hybridized carbons (Fsp3) is 0.770. The Balaban J connectivity index is 3.97. The van der Waals surface area contributed by atoms with E-state index in [1.165, 1.54) is 193 Å². The van der Waals surface area contributed by atoms with E-state index in [-0.39, 0.29) is 31.1 Å². The molecule has 0 aliphatic rings. The van der Waals surface area contributed by atoms with E-state index in [1.54, 1.807) is 0 Å². The van der Waals surface area contributed by atoms with Crippen LogP contribution in [0.15, 0.2) is 85.1 Å². The number of carbonyl (C=O) groups is 3. The quantitative estimate of drug-likeness (QED) is 0.0261. The van der Waals surface area contributed by atoms with E-state index >= 15 is 0 Å². The minimum atomic E-state index is -0.783. The standard InChI is InChI=1S/C74H130O6/c1-4-7-10-13-16-18-20-22-24-26-28-30-31-32-33-34-35-36-37-38-39-40-41-42-43-45-46-48-50-52-54-56-58-61-64-67-73(76)79-70-71(69-78-72(75)66-63-60-15-12-9-6-3)80-74(77)68-65-62-59-57-55-53-51-49-47-44-29-27-25-23-21-19-17-14-11-8-5-2/h8,11,17,19-20,22-23,25-26,28-29,44,49,51,71H,4-7,9-10,12-16,18,21,24,27,30-43,45-48,50,52-70H2,1-3H3/b11-8-,19-17-,22-20-,25-23-,28-26-,44-29-,51-49-. The molecular weight excluding hydrogens is 985 g/mol. The minimum absolute atomic E-state index is 0.0811. The molecule has 1 atom stereocenters. The van der Waals surface area contributed by atoms with Gasteiger partial charge >= 0.3 is 17.9 Å². The molecule has 0 amide bonds. The lowest BCUT2D eigenvalue weighted by Crippen LogP contribution is -2.30. The van der Waals surface area contributed by atoms with Crippen LogP contribution in [-0.2, 0) is 28.6 Å². The van der Waals surface area contributed by atoms with Gasteiger partial charge in [0.15, 0.2) is 6.10 Å². The van der Waals surface area contributed by atoms with Crippen molar-refractivity contribution in [1.29, 1.82) is 0 Å². The zero-order valence-electron chi connectivity index (χ0n) is 53.1. The summed E-state index contributed by atoms with van der Waals surface area (Å²) in [6.07, 6.45) is 90.9. The molecule has 0 aliphatic carbocycles. The van der Waals surface area contributed by atoms with Crippen molar-refractivity contribution in [2.24, 2.45) is 0 Å². The Kier molecular flexibility index (Phi) is 65.2. The predicted octanol–water partition coefficient (Wildman–Crippen LogP) is 23.8. The molecule has 0 saturated carbocycles. The van der Waals surface area contributed by atoms with Crippen molar-refractivity contribution in [3.05, 3.63) is 85.1 Å². The molecule has 0 aliphatic heterocycles. The van der Waals surface area contributed by atoms with Gasteiger partial charge in [0, 0.05) is 19.3 Å². The van der Waals surface area contributed by atoms with Crippen LogP contribution in [0.3, 0.4) is 0 Å². The number of esters is 3. The normalized spacial score (nSPS) is 12.6. The highest BCUT2D eigenvalue weighted by Gasteiger charge is 2.19. The molecule has 0 rings (SSSR count). The Morgan fingerprint density at radius 3 is 0.762 bits per heavy atom. The lowest BCUT2D eigenvalue weighted by atomic mass is 10.0. The molecule has 0 aromatic heterocycles. The first kappa shape index (κ1) is 76.6. The summed E-state index contributed by atoms with van der Waals surface area (Å²) in [6.45, 7) is 6.47. The number of unbranched alkanes of at least 4 members (excludes halogenated alkanes) is 38. The maximum atomic E-state index is 12.8. The Labute approximate surface area is 496 Å². The molecule has 462 valence electrons. The third kappa shape index (κ3) is 65.4. The zero-order valence-corrected chi connectivity index (χ0v) is 53.1. The second kappa shape index (κ2) is 68.1. The molecule has 6 nitrogen and oxygen atoms in total. The van der Waals surface area contributed by atoms with Gasteiger partial charge in [-0.1, -0.05) is 318 Å². The van der Waals surface area contributed by atoms with Crippen molar-refractivity contribution in [1.82, 2.24) is 0 Å². The first-order valence-corrected chi connectivity index (χ1v) is 34.6. The number of hydrogen-bond acceptors (Lipinski definition) is 6. The molecule has 0 aromatic carbocycles. The van der Waals surface area contributed by atoms with Crippen LogP contribution in [0.1, 0.15) is 348 Å². The predicted molar refractivity (Wildman–Crippen MR) is 348 cm³/mol. The van der Waals surface area contributed by atoms with Gasteiger partial charge < -0.3 is 14.2 Å². The summed E-state index contributed by atoms with van der Waals surface area (Å²) in [6, 6.07) is 0. The van der Waals surface area contributed by atoms with Crippen molar-refractivity contribution in [3.8, 4) is 0 Å². The molecule has 0 heterocycles. The summed E-state index contributed by atoms with van der Waals surface area (Å²) in [5.41, 5.74) is 0. The zero-order chi connectivity index (χ0) is 57.8. The van der Waals surface area contributed by atoms with E-state index in [0.717, 1.165) is 116 Å². The number of ether oxygens (including phenoxy) is 3. The number of hydrogen-bond donors (Lipinski definition) is 0. The molecule has 0 bridgehead atoms. The number of rotatable bonds is 63. The summed E-state index contributed by atoms with van der Waals surface area (Å²) in [4.78, 5) is 38.0. The second-order valence-electron chi connectivity index (χ2n) is 23.1. The lowest BCUT2D eigenvalue weighted by molar-refractivity contribution is -0.167. The SMILES string of the molecule is CC/C=C\C/C=C\C/C=C\C/C=C\C/C=C\CCCCCCCC(=O)OC(COC(=O)CCCCCCCC)COC(=O)CCCCCCCCCCCCCCCCCCCCCCCCC/C=C\C/C=C\CCCCCCC. The molecule has 6 heteroatoms. The first-order valence-electron chi connectivity index (χ1n) is 34.6. The van der Waals surface area contributed by atoms with Crippen LogP contribution < -0.4 is 0 Å². The largest absolute Gasteiger partial charge is 0.462 e. The highest BCUT2D eigenvalue weighted by Crippen LogP contribution is 2.18. The molecule has 0 N–H and O–H groups in total. The van der Waals surface area contributed by atoms with Gasteiger partial charge in [0.1, 0.15) is 13.2 Å². The molecule has 1 unspecified atom stereocenters. The molecule has 0 aromatic rings. The van der Waals surface area contributed by atoms with Crippen LogP contribution in [0.5, 0.6) is 0 Å². The highest BCUT2D eigenvalue weighted by molar-refractivity contribution is 5.71. The van der Waals surface area contributed by atoms with Gasteiger partial charge in [-0.25, -0.2) is 0 Å². The highest BCUT2D eigenvalue weighted by atomic mass is 16.6. The van der Waals surface area contributed by atoms with Crippen LogP contribution in [0.2, 0.25) is 0 Å². The van der Waals surface area contributed by atoms with Gasteiger partial charge in [0.25, 0.3) is 0 Å². The van der Waals surface area contributed by atoms with Gasteiger partial charge in [-0.3, -0.25) is 14.4 Å². The molecule has 80 heavy (non-hydrogen) atoms. The Bertz CT molecular complexity index is 1520. The van der Waals surface area contributed by atoms with Crippen LogP contribution in [0, 0.1) is 0 Å². The van der Waals surface area contributed by atoms with Crippen molar-refractivity contribution in [2.75, 3.05) is 13.2 Å². The van der Waals surface area contributed by atoms with Crippen molar-refractivity contribution in [2.45, 2.75) is 354 Å². The van der Waals surface area contributed by atoms with Gasteiger partial charge in [-0.15, -0.1) is 0 Å². The number of carbonyl (C=O) groups excluding carboxylic acids is 3. The fourth-order valence-corrected chi connectivity index (χ4v) is 9.97. The Morgan fingerprint density at radius 1 is 0.263 bits per heavy atom.